The lowest BCUT2D eigenvalue weighted by Crippen LogP contribution is -2.59. The van der Waals surface area contributed by atoms with Crippen LogP contribution in [0, 0.1) is 6.92 Å². The van der Waals surface area contributed by atoms with Crippen molar-refractivity contribution in [2.75, 3.05) is 10.2 Å². The van der Waals surface area contributed by atoms with Gasteiger partial charge in [-0.05, 0) is 24.6 Å². The van der Waals surface area contributed by atoms with Crippen LogP contribution in [0.1, 0.15) is 17.2 Å². The second kappa shape index (κ2) is 4.41. The normalized spacial score (nSPS) is 28.7. The van der Waals surface area contributed by atoms with Crippen LogP contribution < -0.4 is 10.2 Å². The molecule has 2 aromatic carbocycles. The van der Waals surface area contributed by atoms with Crippen LogP contribution in [0.2, 0.25) is 0 Å². The summed E-state index contributed by atoms with van der Waals surface area (Å²) in [6, 6.07) is 12.5. The molecule has 0 radical (unpaired) electrons. The van der Waals surface area contributed by atoms with E-state index in [1.165, 1.54) is 0 Å². The van der Waals surface area contributed by atoms with Gasteiger partial charge in [0.2, 0.25) is 0 Å². The van der Waals surface area contributed by atoms with Crippen molar-refractivity contribution in [3.05, 3.63) is 59.7 Å². The second-order valence-electron chi connectivity index (χ2n) is 6.11. The minimum absolute atomic E-state index is 0.290. The summed E-state index contributed by atoms with van der Waals surface area (Å²) in [5.41, 5.74) is -0.189. The first-order chi connectivity index (χ1) is 10.8. The Bertz CT molecular complexity index is 759. The van der Waals surface area contributed by atoms with Crippen molar-refractivity contribution < 1.29 is 18.3 Å². The average Bonchev–Trinajstić information content (AvgIpc) is 3.24. The highest BCUT2D eigenvalue weighted by Crippen LogP contribution is 2.60. The van der Waals surface area contributed by atoms with Crippen LogP contribution in [0.15, 0.2) is 48.5 Å². The molecule has 23 heavy (non-hydrogen) atoms. The number of aliphatic hydroxyl groups is 1. The van der Waals surface area contributed by atoms with Crippen LogP contribution in [-0.2, 0) is 0 Å². The second-order valence-corrected chi connectivity index (χ2v) is 6.11. The zero-order valence-electron chi connectivity index (χ0n) is 12.3. The maximum atomic E-state index is 13.5. The predicted molar refractivity (Wildman–Crippen MR) is 81.3 cm³/mol. The van der Waals surface area contributed by atoms with Gasteiger partial charge >= 0.3 is 6.18 Å². The SMILES string of the molecule is Cc1ccc([C@@H]2[C@@H]3N2c2ccccc2N[C@@]3(O)C(F)(F)F)cc1. The predicted octanol–water partition coefficient (Wildman–Crippen LogP) is 3.60. The molecule has 2 aromatic rings. The Hall–Kier alpha value is -2.21. The number of aryl methyl sites for hydroxylation is 1. The van der Waals surface area contributed by atoms with Gasteiger partial charge in [0, 0.05) is 0 Å². The van der Waals surface area contributed by atoms with E-state index >= 15 is 0 Å². The van der Waals surface area contributed by atoms with Crippen LogP contribution >= 0.6 is 0 Å². The van der Waals surface area contributed by atoms with Gasteiger partial charge in [0.05, 0.1) is 17.4 Å². The highest BCUT2D eigenvalue weighted by atomic mass is 19.4. The summed E-state index contributed by atoms with van der Waals surface area (Å²) < 4.78 is 40.5. The third-order valence-electron chi connectivity index (χ3n) is 4.60. The number of fused-ring (bicyclic) bond motifs is 3. The smallest absolute Gasteiger partial charge is 0.362 e. The Morgan fingerprint density at radius 3 is 2.39 bits per heavy atom. The van der Waals surface area contributed by atoms with Crippen LogP contribution in [0.4, 0.5) is 24.5 Å². The van der Waals surface area contributed by atoms with Gasteiger partial charge in [0.15, 0.2) is 0 Å². The number of hydrogen-bond acceptors (Lipinski definition) is 3. The molecule has 0 aliphatic carbocycles. The standard InChI is InChI=1S/C17H15F3N2O/c1-10-6-8-11(9-7-10)14-15-16(23,17(18,19)20)21-12-4-2-3-5-13(12)22(14)15/h2-9,14-15,21,23H,1H3/t14-,15+,16+,22?/m1/s1. The third kappa shape index (κ3) is 1.94. The Kier molecular flexibility index (Phi) is 2.76. The lowest BCUT2D eigenvalue weighted by atomic mass is 10.00. The number of halogens is 3. The van der Waals surface area contributed by atoms with E-state index in [0.29, 0.717) is 5.69 Å². The van der Waals surface area contributed by atoms with Crippen LogP contribution in [-0.4, -0.2) is 23.0 Å². The monoisotopic (exact) mass is 320 g/mol. The first-order valence-electron chi connectivity index (χ1n) is 7.34. The lowest BCUT2D eigenvalue weighted by Gasteiger charge is -2.36. The molecule has 0 unspecified atom stereocenters. The van der Waals surface area contributed by atoms with Crippen molar-refractivity contribution in [1.82, 2.24) is 0 Å². The average molecular weight is 320 g/mol. The fourth-order valence-corrected chi connectivity index (χ4v) is 3.39. The van der Waals surface area contributed by atoms with Crippen LogP contribution in [0.5, 0.6) is 0 Å². The molecule has 4 rings (SSSR count). The number of benzene rings is 2. The van der Waals surface area contributed by atoms with Gasteiger partial charge in [-0.3, -0.25) is 0 Å². The quantitative estimate of drug-likeness (QED) is 0.788. The van der Waals surface area contributed by atoms with E-state index in [9.17, 15) is 18.3 Å². The fourth-order valence-electron chi connectivity index (χ4n) is 3.39. The van der Waals surface area contributed by atoms with Gasteiger partial charge in [0.25, 0.3) is 5.72 Å². The van der Waals surface area contributed by atoms with Crippen molar-refractivity contribution in [3.63, 3.8) is 0 Å². The van der Waals surface area contributed by atoms with Crippen molar-refractivity contribution in [3.8, 4) is 0 Å². The molecule has 2 aliphatic heterocycles. The molecule has 3 atom stereocenters. The van der Waals surface area contributed by atoms with Gasteiger partial charge in [-0.25, -0.2) is 0 Å². The molecule has 3 nitrogen and oxygen atoms in total. The minimum Gasteiger partial charge on any atom is -0.362 e. The maximum absolute atomic E-state index is 13.5. The summed E-state index contributed by atoms with van der Waals surface area (Å²) in [6.45, 7) is 1.92. The third-order valence-corrected chi connectivity index (χ3v) is 4.60. The molecule has 2 aliphatic rings. The largest absolute Gasteiger partial charge is 0.438 e. The van der Waals surface area contributed by atoms with Gasteiger partial charge in [0.1, 0.15) is 6.04 Å². The number of anilines is 2. The van der Waals surface area contributed by atoms with E-state index < -0.39 is 24.0 Å². The number of nitrogens with one attached hydrogen (secondary N) is 1. The zero-order chi connectivity index (χ0) is 16.4. The summed E-state index contributed by atoms with van der Waals surface area (Å²) in [5, 5.41) is 12.7. The highest BCUT2D eigenvalue weighted by Gasteiger charge is 2.73. The van der Waals surface area contributed by atoms with Crippen molar-refractivity contribution in [2.45, 2.75) is 30.9 Å². The Labute approximate surface area is 131 Å². The molecular weight excluding hydrogens is 305 g/mol. The molecule has 1 fully saturated rings. The summed E-state index contributed by atoms with van der Waals surface area (Å²) >= 11 is 0. The van der Waals surface area contributed by atoms with E-state index in [4.69, 9.17) is 0 Å². The van der Waals surface area contributed by atoms with E-state index in [1.54, 1.807) is 29.2 Å². The molecule has 6 heteroatoms. The molecule has 0 amide bonds. The van der Waals surface area contributed by atoms with E-state index in [-0.39, 0.29) is 5.69 Å². The van der Waals surface area contributed by atoms with Crippen LogP contribution in [0.25, 0.3) is 0 Å². The van der Waals surface area contributed by atoms with E-state index in [2.05, 4.69) is 5.32 Å². The van der Waals surface area contributed by atoms with Gasteiger partial charge < -0.3 is 15.3 Å². The zero-order valence-corrected chi connectivity index (χ0v) is 12.3. The van der Waals surface area contributed by atoms with Gasteiger partial charge in [-0.2, -0.15) is 13.2 Å². The molecule has 0 bridgehead atoms. The molecule has 2 heterocycles. The Balaban J connectivity index is 1.82. The number of alkyl halides is 3. The van der Waals surface area contributed by atoms with Crippen LogP contribution in [0.3, 0.4) is 0 Å². The van der Waals surface area contributed by atoms with Crippen molar-refractivity contribution >= 4 is 11.4 Å². The molecule has 0 spiro atoms. The first-order valence-corrected chi connectivity index (χ1v) is 7.34. The summed E-state index contributed by atoms with van der Waals surface area (Å²) in [4.78, 5) is 1.63. The minimum atomic E-state index is -4.77. The molecule has 0 saturated carbocycles. The number of nitrogens with zero attached hydrogens (tertiary/aromatic N) is 1. The molecule has 120 valence electrons. The number of para-hydroxylation sites is 2. The summed E-state index contributed by atoms with van der Waals surface area (Å²) in [5.74, 6) is 0. The molecule has 0 aromatic heterocycles. The van der Waals surface area contributed by atoms with E-state index in [1.807, 2.05) is 31.2 Å². The van der Waals surface area contributed by atoms with Crippen molar-refractivity contribution in [1.29, 1.82) is 0 Å². The highest BCUT2D eigenvalue weighted by molar-refractivity contribution is 5.80. The topological polar surface area (TPSA) is 35.3 Å². The van der Waals surface area contributed by atoms with Gasteiger partial charge in [-0.15, -0.1) is 0 Å². The van der Waals surface area contributed by atoms with Gasteiger partial charge in [-0.1, -0.05) is 42.0 Å². The number of rotatable bonds is 1. The number of hydrogen-bond donors (Lipinski definition) is 2. The Morgan fingerprint density at radius 1 is 1.09 bits per heavy atom. The molecular formula is C17H15F3N2O. The molecule has 1 saturated heterocycles. The molecule has 2 N–H and O–H groups in total. The van der Waals surface area contributed by atoms with Crippen molar-refractivity contribution in [2.24, 2.45) is 0 Å². The summed E-state index contributed by atoms with van der Waals surface area (Å²) in [6.07, 6.45) is -4.77. The Morgan fingerprint density at radius 2 is 1.74 bits per heavy atom. The summed E-state index contributed by atoms with van der Waals surface area (Å²) in [7, 11) is 0. The fraction of sp³-hybridized carbons (Fsp3) is 0.294. The lowest BCUT2D eigenvalue weighted by molar-refractivity contribution is -0.248. The first kappa shape index (κ1) is 14.4. The van der Waals surface area contributed by atoms with E-state index in [0.717, 1.165) is 11.1 Å². The maximum Gasteiger partial charge on any atom is 0.438 e.